The number of benzene rings is 1. The molecule has 0 amide bonds. The molecule has 2 aromatic rings. The Morgan fingerprint density at radius 3 is 2.65 bits per heavy atom. The third-order valence-electron chi connectivity index (χ3n) is 2.69. The van der Waals surface area contributed by atoms with Gasteiger partial charge in [-0.25, -0.2) is 0 Å². The van der Waals surface area contributed by atoms with Crippen LogP contribution in [0.15, 0.2) is 48.8 Å². The molecule has 0 aliphatic rings. The second-order valence-corrected chi connectivity index (χ2v) is 4.28. The van der Waals surface area contributed by atoms with Gasteiger partial charge in [0, 0.05) is 18.9 Å². The molecular formula is C15H18N2. The van der Waals surface area contributed by atoms with Gasteiger partial charge in [-0.05, 0) is 36.6 Å². The van der Waals surface area contributed by atoms with Crippen LogP contribution in [-0.4, -0.2) is 11.5 Å². The maximum atomic E-state index is 4.18. The molecule has 0 saturated carbocycles. The molecule has 2 heteroatoms. The largest absolute Gasteiger partial charge is 0.312 e. The third-order valence-corrected chi connectivity index (χ3v) is 2.69. The standard InChI is InChI=1S/C15H18N2/c1-13-9-15(12-17-10-13)11-16-8-7-14-5-3-2-4-6-14/h2-6,9-10,12,16H,7-8,11H2,1H3. The monoisotopic (exact) mass is 226 g/mol. The Morgan fingerprint density at radius 1 is 1.06 bits per heavy atom. The summed E-state index contributed by atoms with van der Waals surface area (Å²) in [5.74, 6) is 0. The fraction of sp³-hybridized carbons (Fsp3) is 0.267. The fourth-order valence-corrected chi connectivity index (χ4v) is 1.82. The van der Waals surface area contributed by atoms with Crippen LogP contribution in [0, 0.1) is 6.92 Å². The van der Waals surface area contributed by atoms with Crippen LogP contribution in [0.4, 0.5) is 0 Å². The zero-order valence-corrected chi connectivity index (χ0v) is 10.2. The Balaban J connectivity index is 1.73. The quantitative estimate of drug-likeness (QED) is 0.793. The van der Waals surface area contributed by atoms with E-state index in [0.29, 0.717) is 0 Å². The van der Waals surface area contributed by atoms with Gasteiger partial charge in [0.15, 0.2) is 0 Å². The highest BCUT2D eigenvalue weighted by Gasteiger charge is 1.94. The van der Waals surface area contributed by atoms with Crippen LogP contribution in [-0.2, 0) is 13.0 Å². The Labute approximate surface area is 103 Å². The van der Waals surface area contributed by atoms with Gasteiger partial charge in [0.05, 0.1) is 0 Å². The maximum absolute atomic E-state index is 4.18. The summed E-state index contributed by atoms with van der Waals surface area (Å²) in [5.41, 5.74) is 3.84. The molecule has 0 fully saturated rings. The predicted octanol–water partition coefficient (Wildman–Crippen LogP) is 2.72. The van der Waals surface area contributed by atoms with Crippen LogP contribution >= 0.6 is 0 Å². The first kappa shape index (κ1) is 11.8. The summed E-state index contributed by atoms with van der Waals surface area (Å²) in [6.07, 6.45) is 4.87. The molecule has 1 aromatic heterocycles. The first-order chi connectivity index (χ1) is 8.34. The Kier molecular flexibility index (Phi) is 4.28. The Bertz CT molecular complexity index is 451. The number of aromatic nitrogens is 1. The predicted molar refractivity (Wildman–Crippen MR) is 70.8 cm³/mol. The summed E-state index contributed by atoms with van der Waals surface area (Å²) in [6, 6.07) is 12.7. The van der Waals surface area contributed by atoms with Crippen LogP contribution in [0.25, 0.3) is 0 Å². The molecule has 0 bridgehead atoms. The van der Waals surface area contributed by atoms with Gasteiger partial charge in [0.2, 0.25) is 0 Å². The molecule has 0 atom stereocenters. The number of pyridine rings is 1. The van der Waals surface area contributed by atoms with Gasteiger partial charge in [-0.2, -0.15) is 0 Å². The minimum atomic E-state index is 0.890. The van der Waals surface area contributed by atoms with E-state index in [1.54, 1.807) is 0 Å². The summed E-state index contributed by atoms with van der Waals surface area (Å²) < 4.78 is 0. The SMILES string of the molecule is Cc1cncc(CNCCc2ccccc2)c1. The second-order valence-electron chi connectivity index (χ2n) is 4.28. The van der Waals surface area contributed by atoms with Crippen molar-refractivity contribution in [2.45, 2.75) is 19.9 Å². The molecule has 17 heavy (non-hydrogen) atoms. The van der Waals surface area contributed by atoms with Crippen molar-refractivity contribution in [3.05, 3.63) is 65.5 Å². The number of aryl methyl sites for hydroxylation is 1. The van der Waals surface area contributed by atoms with E-state index in [2.05, 4.69) is 53.6 Å². The average molecular weight is 226 g/mol. The smallest absolute Gasteiger partial charge is 0.0313 e. The molecule has 0 spiro atoms. The van der Waals surface area contributed by atoms with E-state index >= 15 is 0 Å². The lowest BCUT2D eigenvalue weighted by atomic mass is 10.1. The van der Waals surface area contributed by atoms with E-state index in [1.807, 2.05) is 12.4 Å². The van der Waals surface area contributed by atoms with Crippen LogP contribution in [0.2, 0.25) is 0 Å². The van der Waals surface area contributed by atoms with E-state index < -0.39 is 0 Å². The van der Waals surface area contributed by atoms with Crippen molar-refractivity contribution < 1.29 is 0 Å². The molecule has 0 unspecified atom stereocenters. The minimum absolute atomic E-state index is 0.890. The molecule has 0 saturated heterocycles. The number of nitrogens with zero attached hydrogens (tertiary/aromatic N) is 1. The lowest BCUT2D eigenvalue weighted by Gasteiger charge is -2.05. The van der Waals surface area contributed by atoms with Gasteiger partial charge < -0.3 is 5.32 Å². The molecule has 0 aliphatic heterocycles. The summed E-state index contributed by atoms with van der Waals surface area (Å²) in [7, 11) is 0. The molecule has 1 N–H and O–H groups in total. The fourth-order valence-electron chi connectivity index (χ4n) is 1.82. The van der Waals surface area contributed by atoms with Crippen molar-refractivity contribution in [1.29, 1.82) is 0 Å². The van der Waals surface area contributed by atoms with E-state index in [4.69, 9.17) is 0 Å². The van der Waals surface area contributed by atoms with Crippen molar-refractivity contribution in [3.8, 4) is 0 Å². The van der Waals surface area contributed by atoms with E-state index in [-0.39, 0.29) is 0 Å². The number of hydrogen-bond donors (Lipinski definition) is 1. The zero-order chi connectivity index (χ0) is 11.9. The highest BCUT2D eigenvalue weighted by molar-refractivity contribution is 5.17. The van der Waals surface area contributed by atoms with Crippen molar-refractivity contribution in [1.82, 2.24) is 10.3 Å². The first-order valence-corrected chi connectivity index (χ1v) is 6.00. The number of hydrogen-bond acceptors (Lipinski definition) is 2. The summed E-state index contributed by atoms with van der Waals surface area (Å²) in [6.45, 7) is 3.96. The van der Waals surface area contributed by atoms with E-state index in [0.717, 1.165) is 19.5 Å². The average Bonchev–Trinajstić information content (AvgIpc) is 2.36. The number of rotatable bonds is 5. The zero-order valence-electron chi connectivity index (χ0n) is 10.2. The third kappa shape index (κ3) is 4.00. The molecule has 88 valence electrons. The molecular weight excluding hydrogens is 208 g/mol. The summed E-state index contributed by atoms with van der Waals surface area (Å²) >= 11 is 0. The normalized spacial score (nSPS) is 10.4. The number of nitrogens with one attached hydrogen (secondary N) is 1. The molecule has 0 radical (unpaired) electrons. The van der Waals surface area contributed by atoms with Crippen LogP contribution in [0.3, 0.4) is 0 Å². The van der Waals surface area contributed by atoms with Crippen LogP contribution < -0.4 is 5.32 Å². The van der Waals surface area contributed by atoms with Crippen molar-refractivity contribution in [2.24, 2.45) is 0 Å². The van der Waals surface area contributed by atoms with Gasteiger partial charge in [0.1, 0.15) is 0 Å². The van der Waals surface area contributed by atoms with E-state index in [9.17, 15) is 0 Å². The molecule has 2 rings (SSSR count). The maximum Gasteiger partial charge on any atom is 0.0313 e. The topological polar surface area (TPSA) is 24.9 Å². The molecule has 1 heterocycles. The highest BCUT2D eigenvalue weighted by Crippen LogP contribution is 2.01. The second kappa shape index (κ2) is 6.16. The van der Waals surface area contributed by atoms with E-state index in [1.165, 1.54) is 16.7 Å². The van der Waals surface area contributed by atoms with Gasteiger partial charge in [-0.1, -0.05) is 36.4 Å². The molecule has 1 aromatic carbocycles. The van der Waals surface area contributed by atoms with Crippen LogP contribution in [0.1, 0.15) is 16.7 Å². The minimum Gasteiger partial charge on any atom is -0.312 e. The van der Waals surface area contributed by atoms with Crippen molar-refractivity contribution in [2.75, 3.05) is 6.54 Å². The van der Waals surface area contributed by atoms with Gasteiger partial charge in [-0.15, -0.1) is 0 Å². The van der Waals surface area contributed by atoms with Crippen molar-refractivity contribution in [3.63, 3.8) is 0 Å². The lowest BCUT2D eigenvalue weighted by molar-refractivity contribution is 0.685. The van der Waals surface area contributed by atoms with Gasteiger partial charge >= 0.3 is 0 Å². The van der Waals surface area contributed by atoms with Crippen molar-refractivity contribution >= 4 is 0 Å². The van der Waals surface area contributed by atoms with Crippen LogP contribution in [0.5, 0.6) is 0 Å². The first-order valence-electron chi connectivity index (χ1n) is 6.00. The summed E-state index contributed by atoms with van der Waals surface area (Å²) in [4.78, 5) is 4.18. The molecule has 0 aliphatic carbocycles. The lowest BCUT2D eigenvalue weighted by Crippen LogP contribution is -2.16. The van der Waals surface area contributed by atoms with Gasteiger partial charge in [-0.3, -0.25) is 4.98 Å². The van der Waals surface area contributed by atoms with Gasteiger partial charge in [0.25, 0.3) is 0 Å². The Morgan fingerprint density at radius 2 is 1.88 bits per heavy atom. The molecule has 2 nitrogen and oxygen atoms in total. The Hall–Kier alpha value is -1.67. The highest BCUT2D eigenvalue weighted by atomic mass is 14.8. The summed E-state index contributed by atoms with van der Waals surface area (Å²) in [5, 5.41) is 3.44.